The number of nitrogens with one attached hydrogen (secondary N) is 1. The third-order valence-electron chi connectivity index (χ3n) is 4.88. The van der Waals surface area contributed by atoms with Crippen molar-refractivity contribution in [3.05, 3.63) is 59.2 Å². The molecule has 3 rings (SSSR count). The fourth-order valence-electron chi connectivity index (χ4n) is 3.22. The van der Waals surface area contributed by atoms with Gasteiger partial charge in [0, 0.05) is 31.9 Å². The van der Waals surface area contributed by atoms with Crippen molar-refractivity contribution in [2.45, 2.75) is 13.8 Å². The number of aryl methyl sites for hydroxylation is 1. The Hall–Kier alpha value is -2.47. The number of anilines is 2. The molecule has 0 bridgehead atoms. The number of hydrogen-bond acceptors (Lipinski definition) is 3. The minimum Gasteiger partial charge on any atom is -0.369 e. The highest BCUT2D eigenvalue weighted by Gasteiger charge is 2.21. The van der Waals surface area contributed by atoms with Gasteiger partial charge in [0.05, 0.1) is 6.54 Å². The van der Waals surface area contributed by atoms with E-state index in [1.54, 1.807) is 0 Å². The summed E-state index contributed by atoms with van der Waals surface area (Å²) in [6, 6.07) is 9.80. The van der Waals surface area contributed by atoms with Crippen molar-refractivity contribution in [2.75, 3.05) is 42.9 Å². The maximum atomic E-state index is 13.6. The molecule has 1 amide bonds. The summed E-state index contributed by atoms with van der Waals surface area (Å²) >= 11 is 0. The third-order valence-corrected chi connectivity index (χ3v) is 4.88. The summed E-state index contributed by atoms with van der Waals surface area (Å²) in [5, 5.41) is 2.34. The zero-order valence-corrected chi connectivity index (χ0v) is 15.1. The topological polar surface area (TPSA) is 35.6 Å². The van der Waals surface area contributed by atoms with Crippen LogP contribution >= 0.6 is 0 Å². The second-order valence-electron chi connectivity index (χ2n) is 6.63. The summed E-state index contributed by atoms with van der Waals surface area (Å²) in [5.41, 5.74) is 3.37. The Kier molecular flexibility index (Phi) is 5.52. The zero-order chi connectivity index (χ0) is 18.7. The van der Waals surface area contributed by atoms with Crippen LogP contribution in [0, 0.1) is 25.5 Å². The molecule has 0 radical (unpaired) electrons. The van der Waals surface area contributed by atoms with Gasteiger partial charge in [0.2, 0.25) is 5.91 Å². The molecule has 0 aromatic heterocycles. The fraction of sp³-hybridized carbons (Fsp3) is 0.350. The highest BCUT2D eigenvalue weighted by molar-refractivity contribution is 5.92. The van der Waals surface area contributed by atoms with E-state index in [-0.39, 0.29) is 12.2 Å². The van der Waals surface area contributed by atoms with Gasteiger partial charge in [0.25, 0.3) is 0 Å². The predicted molar refractivity (Wildman–Crippen MR) is 99.6 cm³/mol. The Morgan fingerprint density at radius 3 is 2.27 bits per heavy atom. The van der Waals surface area contributed by atoms with Gasteiger partial charge in [-0.05, 0) is 43.2 Å². The van der Waals surface area contributed by atoms with Crippen molar-refractivity contribution in [3.8, 4) is 0 Å². The molecule has 1 aliphatic rings. The molecule has 1 aliphatic heterocycles. The molecule has 0 atom stereocenters. The number of benzene rings is 2. The average molecular weight is 359 g/mol. The van der Waals surface area contributed by atoms with Crippen molar-refractivity contribution in [1.29, 1.82) is 0 Å². The second-order valence-corrected chi connectivity index (χ2v) is 6.63. The first kappa shape index (κ1) is 18.3. The second kappa shape index (κ2) is 7.83. The van der Waals surface area contributed by atoms with Crippen molar-refractivity contribution >= 4 is 17.3 Å². The van der Waals surface area contributed by atoms with Crippen molar-refractivity contribution in [1.82, 2.24) is 4.90 Å². The van der Waals surface area contributed by atoms with E-state index in [0.717, 1.165) is 38.3 Å². The molecule has 0 unspecified atom stereocenters. The fourth-order valence-corrected chi connectivity index (χ4v) is 3.22. The van der Waals surface area contributed by atoms with E-state index in [2.05, 4.69) is 42.3 Å². The van der Waals surface area contributed by atoms with Gasteiger partial charge < -0.3 is 10.2 Å². The van der Waals surface area contributed by atoms with Crippen LogP contribution in [0.5, 0.6) is 0 Å². The molecule has 2 aromatic rings. The summed E-state index contributed by atoms with van der Waals surface area (Å²) in [6.07, 6.45) is 0. The molecule has 6 heteroatoms. The summed E-state index contributed by atoms with van der Waals surface area (Å²) in [4.78, 5) is 16.4. The standard InChI is InChI=1S/C20H23F2N3O/c1-14-5-3-8-18(15(14)2)25-11-9-24(10-12-25)13-19(26)23-20-16(21)6-4-7-17(20)22/h3-8H,9-13H2,1-2H3,(H,23,26). The monoisotopic (exact) mass is 359 g/mol. The predicted octanol–water partition coefficient (Wildman–Crippen LogP) is 3.34. The molecular formula is C20H23F2N3O. The summed E-state index contributed by atoms with van der Waals surface area (Å²) < 4.78 is 27.2. The number of nitrogens with zero attached hydrogens (tertiary/aromatic N) is 2. The van der Waals surface area contributed by atoms with Gasteiger partial charge in [-0.1, -0.05) is 18.2 Å². The van der Waals surface area contributed by atoms with E-state index in [0.29, 0.717) is 0 Å². The van der Waals surface area contributed by atoms with Crippen LogP contribution in [0.3, 0.4) is 0 Å². The van der Waals surface area contributed by atoms with Crippen LogP contribution in [0.15, 0.2) is 36.4 Å². The Morgan fingerprint density at radius 2 is 1.62 bits per heavy atom. The molecule has 0 saturated carbocycles. The normalized spacial score (nSPS) is 15.2. The maximum Gasteiger partial charge on any atom is 0.238 e. The highest BCUT2D eigenvalue weighted by atomic mass is 19.1. The molecule has 0 aliphatic carbocycles. The zero-order valence-electron chi connectivity index (χ0n) is 15.1. The van der Waals surface area contributed by atoms with E-state index >= 15 is 0 Å². The molecule has 1 saturated heterocycles. The maximum absolute atomic E-state index is 13.6. The number of rotatable bonds is 4. The van der Waals surface area contributed by atoms with E-state index in [9.17, 15) is 13.6 Å². The van der Waals surface area contributed by atoms with E-state index < -0.39 is 17.5 Å². The summed E-state index contributed by atoms with van der Waals surface area (Å²) in [7, 11) is 0. The molecule has 1 fully saturated rings. The molecular weight excluding hydrogens is 336 g/mol. The number of halogens is 2. The third kappa shape index (κ3) is 4.02. The lowest BCUT2D eigenvalue weighted by Gasteiger charge is -2.36. The number of carbonyl (C=O) groups excluding carboxylic acids is 1. The van der Waals surface area contributed by atoms with Crippen molar-refractivity contribution in [2.24, 2.45) is 0 Å². The van der Waals surface area contributed by atoms with Gasteiger partial charge >= 0.3 is 0 Å². The molecule has 138 valence electrons. The lowest BCUT2D eigenvalue weighted by molar-refractivity contribution is -0.117. The van der Waals surface area contributed by atoms with Gasteiger partial charge in [0.15, 0.2) is 0 Å². The molecule has 1 heterocycles. The average Bonchev–Trinajstić information content (AvgIpc) is 2.61. The molecule has 0 spiro atoms. The van der Waals surface area contributed by atoms with Crippen LogP contribution in [-0.4, -0.2) is 43.5 Å². The van der Waals surface area contributed by atoms with Gasteiger partial charge in [-0.2, -0.15) is 0 Å². The Morgan fingerprint density at radius 1 is 1.00 bits per heavy atom. The van der Waals surface area contributed by atoms with Crippen molar-refractivity contribution < 1.29 is 13.6 Å². The lowest BCUT2D eigenvalue weighted by Crippen LogP contribution is -2.49. The van der Waals surface area contributed by atoms with Crippen LogP contribution in [0.25, 0.3) is 0 Å². The quantitative estimate of drug-likeness (QED) is 0.909. The first-order chi connectivity index (χ1) is 12.5. The van der Waals surface area contributed by atoms with Crippen LogP contribution in [0.4, 0.5) is 20.2 Å². The number of piperazine rings is 1. The molecule has 26 heavy (non-hydrogen) atoms. The highest BCUT2D eigenvalue weighted by Crippen LogP contribution is 2.24. The van der Waals surface area contributed by atoms with Gasteiger partial charge in [-0.3, -0.25) is 9.69 Å². The van der Waals surface area contributed by atoms with E-state index in [4.69, 9.17) is 0 Å². The lowest BCUT2D eigenvalue weighted by atomic mass is 10.1. The van der Waals surface area contributed by atoms with Crippen LogP contribution < -0.4 is 10.2 Å². The van der Waals surface area contributed by atoms with Crippen LogP contribution in [0.2, 0.25) is 0 Å². The van der Waals surface area contributed by atoms with Crippen molar-refractivity contribution in [3.63, 3.8) is 0 Å². The van der Waals surface area contributed by atoms with Crippen LogP contribution in [-0.2, 0) is 4.79 Å². The van der Waals surface area contributed by atoms with E-state index in [1.165, 1.54) is 22.9 Å². The molecule has 2 aromatic carbocycles. The van der Waals surface area contributed by atoms with Gasteiger partial charge in [0.1, 0.15) is 17.3 Å². The Balaban J connectivity index is 1.55. The number of para-hydroxylation sites is 1. The summed E-state index contributed by atoms with van der Waals surface area (Å²) in [6.45, 7) is 7.40. The smallest absolute Gasteiger partial charge is 0.238 e. The van der Waals surface area contributed by atoms with Gasteiger partial charge in [-0.15, -0.1) is 0 Å². The Bertz CT molecular complexity index is 781. The Labute approximate surface area is 152 Å². The van der Waals surface area contributed by atoms with E-state index in [1.807, 2.05) is 4.90 Å². The largest absolute Gasteiger partial charge is 0.369 e. The van der Waals surface area contributed by atoms with Crippen LogP contribution in [0.1, 0.15) is 11.1 Å². The number of hydrogen-bond donors (Lipinski definition) is 1. The first-order valence-electron chi connectivity index (χ1n) is 8.73. The minimum absolute atomic E-state index is 0.119. The first-order valence-corrected chi connectivity index (χ1v) is 8.73. The SMILES string of the molecule is Cc1cccc(N2CCN(CC(=O)Nc3c(F)cccc3F)CC2)c1C. The molecule has 4 nitrogen and oxygen atoms in total. The van der Waals surface area contributed by atoms with Gasteiger partial charge in [-0.25, -0.2) is 8.78 Å². The number of carbonyl (C=O) groups is 1. The minimum atomic E-state index is -0.766. The summed E-state index contributed by atoms with van der Waals surface area (Å²) in [5.74, 6) is -1.94. The number of amides is 1. The molecule has 1 N–H and O–H groups in total.